The molecule has 2 aromatic rings. The second-order valence-electron chi connectivity index (χ2n) is 4.06. The fourth-order valence-electron chi connectivity index (χ4n) is 1.55. The number of halogens is 1. The van der Waals surface area contributed by atoms with E-state index in [9.17, 15) is 13.5 Å². The summed E-state index contributed by atoms with van der Waals surface area (Å²) in [6.45, 7) is 3.26. The summed E-state index contributed by atoms with van der Waals surface area (Å²) < 4.78 is 26.4. The fourth-order valence-corrected chi connectivity index (χ4v) is 2.85. The third-order valence-electron chi connectivity index (χ3n) is 2.48. The number of aromatic amines is 1. The molecule has 102 valence electrons. The third-order valence-corrected chi connectivity index (χ3v) is 3.97. The number of H-pyrrole nitrogens is 1. The Morgan fingerprint density at radius 1 is 1.37 bits per heavy atom. The molecule has 0 fully saturated rings. The lowest BCUT2D eigenvalue weighted by atomic mass is 10.2. The van der Waals surface area contributed by atoms with Crippen molar-refractivity contribution in [3.63, 3.8) is 0 Å². The number of aromatic hydroxyl groups is 1. The predicted molar refractivity (Wildman–Crippen MR) is 72.0 cm³/mol. The number of aromatic nitrogens is 2. The number of aryl methyl sites for hydroxylation is 2. The number of rotatable bonds is 3. The number of phenolic OH excluding ortho intramolecular Hbond substituents is 1. The molecule has 1 aromatic heterocycles. The molecule has 0 unspecified atom stereocenters. The predicted octanol–water partition coefficient (Wildman–Crippen LogP) is 2.19. The van der Waals surface area contributed by atoms with Crippen LogP contribution >= 0.6 is 11.6 Å². The Morgan fingerprint density at radius 3 is 2.63 bits per heavy atom. The summed E-state index contributed by atoms with van der Waals surface area (Å²) in [4.78, 5) is 6.43. The molecule has 0 aliphatic carbocycles. The van der Waals surface area contributed by atoms with Crippen molar-refractivity contribution in [2.24, 2.45) is 0 Å². The summed E-state index contributed by atoms with van der Waals surface area (Å²) in [6.07, 6.45) is 1.20. The number of hydrogen-bond donors (Lipinski definition) is 3. The Bertz CT molecular complexity index is 725. The van der Waals surface area contributed by atoms with Crippen molar-refractivity contribution in [3.05, 3.63) is 34.7 Å². The number of phenols is 1. The summed E-state index contributed by atoms with van der Waals surface area (Å²) >= 11 is 5.83. The largest absolute Gasteiger partial charge is 0.505 e. The van der Waals surface area contributed by atoms with E-state index in [1.54, 1.807) is 13.8 Å². The molecule has 3 N–H and O–H groups in total. The Labute approximate surface area is 115 Å². The second kappa shape index (κ2) is 4.75. The highest BCUT2D eigenvalue weighted by atomic mass is 35.5. The van der Waals surface area contributed by atoms with Crippen molar-refractivity contribution in [3.8, 4) is 5.75 Å². The third kappa shape index (κ3) is 2.82. The highest BCUT2D eigenvalue weighted by Crippen LogP contribution is 2.32. The van der Waals surface area contributed by atoms with Crippen molar-refractivity contribution < 1.29 is 13.5 Å². The van der Waals surface area contributed by atoms with Crippen molar-refractivity contribution >= 4 is 27.3 Å². The van der Waals surface area contributed by atoms with Gasteiger partial charge in [0.25, 0.3) is 10.0 Å². The van der Waals surface area contributed by atoms with E-state index in [2.05, 4.69) is 14.7 Å². The normalized spacial score (nSPS) is 11.5. The van der Waals surface area contributed by atoms with Gasteiger partial charge in [-0.1, -0.05) is 11.6 Å². The molecule has 19 heavy (non-hydrogen) atoms. The monoisotopic (exact) mass is 301 g/mol. The highest BCUT2D eigenvalue weighted by molar-refractivity contribution is 7.92. The van der Waals surface area contributed by atoms with Crippen molar-refractivity contribution in [2.75, 3.05) is 4.72 Å². The maximum absolute atomic E-state index is 12.1. The standard InChI is InChI=1S/C11H12ClN3O3S/c1-6-3-8(12)4-9(11(6)16)15-19(17,18)10-5-13-7(2)14-10/h3-5,15-16H,1-2H3,(H,13,14). The summed E-state index contributed by atoms with van der Waals surface area (Å²) in [5, 5.41) is 10.1. The van der Waals surface area contributed by atoms with E-state index in [1.165, 1.54) is 18.3 Å². The first-order valence-corrected chi connectivity index (χ1v) is 7.19. The van der Waals surface area contributed by atoms with Crippen LogP contribution in [0.4, 0.5) is 5.69 Å². The van der Waals surface area contributed by atoms with Gasteiger partial charge in [-0.3, -0.25) is 4.72 Å². The smallest absolute Gasteiger partial charge is 0.279 e. The Hall–Kier alpha value is -1.73. The van der Waals surface area contributed by atoms with Crippen LogP contribution in [-0.2, 0) is 10.0 Å². The van der Waals surface area contributed by atoms with Gasteiger partial charge in [-0.25, -0.2) is 4.98 Å². The molecule has 8 heteroatoms. The lowest BCUT2D eigenvalue weighted by molar-refractivity contribution is 0.473. The molecular weight excluding hydrogens is 290 g/mol. The highest BCUT2D eigenvalue weighted by Gasteiger charge is 2.19. The van der Waals surface area contributed by atoms with Gasteiger partial charge in [-0.2, -0.15) is 8.42 Å². The first-order valence-electron chi connectivity index (χ1n) is 5.33. The van der Waals surface area contributed by atoms with Gasteiger partial charge in [0, 0.05) is 5.02 Å². The molecule has 0 aliphatic heterocycles. The second-order valence-corrected chi connectivity index (χ2v) is 6.14. The maximum atomic E-state index is 12.1. The molecule has 0 radical (unpaired) electrons. The maximum Gasteiger partial charge on any atom is 0.279 e. The summed E-state index contributed by atoms with van der Waals surface area (Å²) in [7, 11) is -3.84. The van der Waals surface area contributed by atoms with Crippen LogP contribution < -0.4 is 4.72 Å². The van der Waals surface area contributed by atoms with Crippen LogP contribution in [0.1, 0.15) is 11.4 Å². The zero-order valence-electron chi connectivity index (χ0n) is 10.2. The fraction of sp³-hybridized carbons (Fsp3) is 0.182. The molecule has 0 aliphatic rings. The van der Waals surface area contributed by atoms with Crippen LogP contribution in [0.2, 0.25) is 5.02 Å². The SMILES string of the molecule is Cc1ncc(S(=O)(=O)Nc2cc(Cl)cc(C)c2O)[nH]1. The minimum Gasteiger partial charge on any atom is -0.505 e. The van der Waals surface area contributed by atoms with Crippen LogP contribution in [-0.4, -0.2) is 23.5 Å². The molecule has 0 saturated heterocycles. The molecule has 0 amide bonds. The van der Waals surface area contributed by atoms with E-state index in [0.29, 0.717) is 16.4 Å². The number of benzene rings is 1. The van der Waals surface area contributed by atoms with Crippen LogP contribution in [0.5, 0.6) is 5.75 Å². The molecular formula is C11H12ClN3O3S. The molecule has 0 spiro atoms. The average molecular weight is 302 g/mol. The number of nitrogens with one attached hydrogen (secondary N) is 2. The van der Waals surface area contributed by atoms with E-state index in [-0.39, 0.29) is 16.5 Å². The first kappa shape index (κ1) is 13.7. The van der Waals surface area contributed by atoms with Gasteiger partial charge in [0.1, 0.15) is 11.6 Å². The number of imidazole rings is 1. The summed E-state index contributed by atoms with van der Waals surface area (Å²) in [6, 6.07) is 2.87. The van der Waals surface area contributed by atoms with Crippen molar-refractivity contribution in [2.45, 2.75) is 18.9 Å². The van der Waals surface area contributed by atoms with E-state index in [4.69, 9.17) is 11.6 Å². The van der Waals surface area contributed by atoms with E-state index < -0.39 is 10.0 Å². The first-order chi connectivity index (χ1) is 8.79. The molecule has 0 saturated carbocycles. The van der Waals surface area contributed by atoms with Crippen LogP contribution in [0.15, 0.2) is 23.4 Å². The minimum atomic E-state index is -3.84. The van der Waals surface area contributed by atoms with Crippen LogP contribution in [0.3, 0.4) is 0 Å². The van der Waals surface area contributed by atoms with E-state index in [0.717, 1.165) is 0 Å². The Morgan fingerprint density at radius 2 is 2.05 bits per heavy atom. The number of sulfonamides is 1. The topological polar surface area (TPSA) is 95.1 Å². The molecule has 6 nitrogen and oxygen atoms in total. The van der Waals surface area contributed by atoms with Gasteiger partial charge in [-0.15, -0.1) is 0 Å². The summed E-state index contributed by atoms with van der Waals surface area (Å²) in [5.74, 6) is 0.316. The van der Waals surface area contributed by atoms with Gasteiger partial charge in [0.15, 0.2) is 5.03 Å². The Kier molecular flexibility index (Phi) is 3.42. The molecule has 1 heterocycles. The zero-order valence-corrected chi connectivity index (χ0v) is 11.8. The lowest BCUT2D eigenvalue weighted by Gasteiger charge is -2.10. The quantitative estimate of drug-likeness (QED) is 0.757. The van der Waals surface area contributed by atoms with E-state index in [1.807, 2.05) is 0 Å². The molecule has 0 bridgehead atoms. The van der Waals surface area contributed by atoms with Gasteiger partial charge in [0.2, 0.25) is 0 Å². The molecule has 0 atom stereocenters. The zero-order chi connectivity index (χ0) is 14.2. The number of anilines is 1. The van der Waals surface area contributed by atoms with Gasteiger partial charge in [0.05, 0.1) is 11.9 Å². The average Bonchev–Trinajstić information content (AvgIpc) is 2.72. The van der Waals surface area contributed by atoms with E-state index >= 15 is 0 Å². The summed E-state index contributed by atoms with van der Waals surface area (Å²) in [5.41, 5.74) is 0.503. The Balaban J connectivity index is 2.41. The number of nitrogens with zero attached hydrogens (tertiary/aromatic N) is 1. The van der Waals surface area contributed by atoms with Crippen molar-refractivity contribution in [1.82, 2.24) is 9.97 Å². The lowest BCUT2D eigenvalue weighted by Crippen LogP contribution is -2.13. The molecule has 1 aromatic carbocycles. The van der Waals surface area contributed by atoms with Gasteiger partial charge in [-0.05, 0) is 31.5 Å². The minimum absolute atomic E-state index is 0.0252. The molecule has 2 rings (SSSR count). The van der Waals surface area contributed by atoms with Gasteiger partial charge >= 0.3 is 0 Å². The van der Waals surface area contributed by atoms with Crippen LogP contribution in [0.25, 0.3) is 0 Å². The van der Waals surface area contributed by atoms with Crippen molar-refractivity contribution in [1.29, 1.82) is 0 Å². The van der Waals surface area contributed by atoms with Crippen LogP contribution in [0, 0.1) is 13.8 Å². The van der Waals surface area contributed by atoms with Gasteiger partial charge < -0.3 is 10.1 Å². The number of hydrogen-bond acceptors (Lipinski definition) is 4.